The molecule has 1 fully saturated rings. The van der Waals surface area contributed by atoms with Crippen LogP contribution in [0.3, 0.4) is 0 Å². The number of aromatic amines is 1. The number of aryl methyl sites for hydroxylation is 1. The quantitative estimate of drug-likeness (QED) is 0.714. The average molecular weight is 394 g/mol. The topological polar surface area (TPSA) is 101 Å². The lowest BCUT2D eigenvalue weighted by atomic mass is 9.90. The van der Waals surface area contributed by atoms with Gasteiger partial charge >= 0.3 is 0 Å². The van der Waals surface area contributed by atoms with Gasteiger partial charge in [-0.1, -0.05) is 23.4 Å². The molecule has 4 rings (SSSR count). The molecule has 0 unspecified atom stereocenters. The van der Waals surface area contributed by atoms with Gasteiger partial charge in [0.05, 0.1) is 11.4 Å². The third kappa shape index (κ3) is 4.37. The Morgan fingerprint density at radius 1 is 1.24 bits per heavy atom. The van der Waals surface area contributed by atoms with Crippen molar-refractivity contribution in [3.05, 3.63) is 64.2 Å². The second kappa shape index (κ2) is 8.30. The number of likely N-dealkylation sites (tertiary alicyclic amines) is 1. The Kier molecular flexibility index (Phi) is 5.41. The predicted molar refractivity (Wildman–Crippen MR) is 106 cm³/mol. The van der Waals surface area contributed by atoms with Crippen molar-refractivity contribution < 1.29 is 14.1 Å². The van der Waals surface area contributed by atoms with Crippen molar-refractivity contribution in [3.8, 4) is 17.1 Å². The number of carbonyl (C=O) groups is 1. The van der Waals surface area contributed by atoms with Gasteiger partial charge in [0.15, 0.2) is 12.4 Å². The normalized spacial score (nSPS) is 14.7. The van der Waals surface area contributed by atoms with E-state index in [4.69, 9.17) is 9.26 Å². The Hall–Kier alpha value is -3.42. The van der Waals surface area contributed by atoms with E-state index in [0.29, 0.717) is 30.2 Å². The monoisotopic (exact) mass is 394 g/mol. The first-order chi connectivity index (χ1) is 14.1. The third-order valence-corrected chi connectivity index (χ3v) is 5.07. The molecule has 1 aliphatic rings. The number of ether oxygens (including phenoxy) is 1. The van der Waals surface area contributed by atoms with Crippen LogP contribution >= 0.6 is 0 Å². The lowest BCUT2D eigenvalue weighted by molar-refractivity contribution is -0.134. The molecular weight excluding hydrogens is 372 g/mol. The Bertz CT molecular complexity index is 1040. The molecule has 0 bridgehead atoms. The van der Waals surface area contributed by atoms with E-state index in [-0.39, 0.29) is 24.0 Å². The fourth-order valence-corrected chi connectivity index (χ4v) is 3.57. The number of benzene rings is 1. The highest BCUT2D eigenvalue weighted by atomic mass is 16.5. The molecule has 0 spiro atoms. The molecule has 1 aliphatic heterocycles. The summed E-state index contributed by atoms with van der Waals surface area (Å²) in [6.45, 7) is 3.07. The van der Waals surface area contributed by atoms with Crippen LogP contribution in [0.1, 0.15) is 30.1 Å². The van der Waals surface area contributed by atoms with Crippen molar-refractivity contribution >= 4 is 5.91 Å². The Morgan fingerprint density at radius 2 is 2.00 bits per heavy atom. The van der Waals surface area contributed by atoms with Gasteiger partial charge in [0, 0.05) is 36.7 Å². The van der Waals surface area contributed by atoms with E-state index < -0.39 is 0 Å². The summed E-state index contributed by atoms with van der Waals surface area (Å²) in [6.07, 6.45) is 1.49. The summed E-state index contributed by atoms with van der Waals surface area (Å²) in [5, 5.41) is 10.7. The summed E-state index contributed by atoms with van der Waals surface area (Å²) in [7, 11) is 0. The van der Waals surface area contributed by atoms with E-state index in [0.717, 1.165) is 24.2 Å². The molecule has 0 atom stereocenters. The minimum absolute atomic E-state index is 0.0220. The second-order valence-corrected chi connectivity index (χ2v) is 7.12. The van der Waals surface area contributed by atoms with Gasteiger partial charge in [-0.25, -0.2) is 5.10 Å². The lowest BCUT2D eigenvalue weighted by Crippen LogP contribution is -2.40. The molecule has 0 aliphatic carbocycles. The number of amides is 1. The molecule has 8 heteroatoms. The summed E-state index contributed by atoms with van der Waals surface area (Å²) in [4.78, 5) is 26.1. The summed E-state index contributed by atoms with van der Waals surface area (Å²) >= 11 is 0. The fourth-order valence-electron chi connectivity index (χ4n) is 3.57. The van der Waals surface area contributed by atoms with Gasteiger partial charge in [-0.2, -0.15) is 5.10 Å². The number of hydrogen-bond donors (Lipinski definition) is 1. The summed E-state index contributed by atoms with van der Waals surface area (Å²) in [5.41, 5.74) is 1.88. The van der Waals surface area contributed by atoms with Crippen LogP contribution in [0.4, 0.5) is 0 Å². The third-order valence-electron chi connectivity index (χ3n) is 5.07. The van der Waals surface area contributed by atoms with Crippen molar-refractivity contribution in [2.75, 3.05) is 19.7 Å². The molecule has 150 valence electrons. The average Bonchev–Trinajstić information content (AvgIpc) is 3.19. The highest BCUT2D eigenvalue weighted by Crippen LogP contribution is 2.33. The van der Waals surface area contributed by atoms with Gasteiger partial charge in [-0.3, -0.25) is 9.59 Å². The standard InChI is InChI=1S/C21H22N4O4/c1-14-11-18(29-24-14)17-12-19(26)22-23-21(17)15-7-9-25(10-8-15)20(27)13-28-16-5-3-2-4-6-16/h2-6,11-12,15H,7-10,13H2,1H3,(H,22,26). The Labute approximate surface area is 167 Å². The number of piperidine rings is 1. The van der Waals surface area contributed by atoms with E-state index in [1.165, 1.54) is 6.07 Å². The summed E-state index contributed by atoms with van der Waals surface area (Å²) in [5.74, 6) is 1.30. The van der Waals surface area contributed by atoms with Gasteiger partial charge in [0.2, 0.25) is 0 Å². The van der Waals surface area contributed by atoms with Gasteiger partial charge in [-0.05, 0) is 31.9 Å². The molecule has 1 N–H and O–H groups in total. The Balaban J connectivity index is 1.41. The number of hydrogen-bond acceptors (Lipinski definition) is 6. The number of rotatable bonds is 5. The highest BCUT2D eigenvalue weighted by Gasteiger charge is 2.28. The van der Waals surface area contributed by atoms with Crippen molar-refractivity contribution in [2.24, 2.45) is 0 Å². The zero-order chi connectivity index (χ0) is 20.2. The molecule has 3 aromatic rings. The van der Waals surface area contributed by atoms with Crippen LogP contribution in [-0.4, -0.2) is 45.9 Å². The van der Waals surface area contributed by atoms with Crippen molar-refractivity contribution in [2.45, 2.75) is 25.7 Å². The van der Waals surface area contributed by atoms with Crippen LogP contribution in [0.25, 0.3) is 11.3 Å². The summed E-state index contributed by atoms with van der Waals surface area (Å²) < 4.78 is 10.9. The first-order valence-corrected chi connectivity index (χ1v) is 9.59. The van der Waals surface area contributed by atoms with Crippen LogP contribution in [0.2, 0.25) is 0 Å². The van der Waals surface area contributed by atoms with E-state index in [1.807, 2.05) is 42.2 Å². The Morgan fingerprint density at radius 3 is 2.69 bits per heavy atom. The minimum atomic E-state index is -0.288. The zero-order valence-electron chi connectivity index (χ0n) is 16.1. The van der Waals surface area contributed by atoms with E-state index >= 15 is 0 Å². The van der Waals surface area contributed by atoms with Gasteiger partial charge in [-0.15, -0.1) is 0 Å². The molecule has 1 saturated heterocycles. The molecular formula is C21H22N4O4. The SMILES string of the molecule is Cc1cc(-c2cc(=O)[nH]nc2C2CCN(C(=O)COc3ccccc3)CC2)on1. The maximum atomic E-state index is 12.5. The van der Waals surface area contributed by atoms with E-state index in [2.05, 4.69) is 15.4 Å². The molecule has 0 radical (unpaired) electrons. The van der Waals surface area contributed by atoms with Crippen molar-refractivity contribution in [1.82, 2.24) is 20.3 Å². The van der Waals surface area contributed by atoms with Crippen molar-refractivity contribution in [3.63, 3.8) is 0 Å². The lowest BCUT2D eigenvalue weighted by Gasteiger charge is -2.32. The molecule has 1 amide bonds. The molecule has 29 heavy (non-hydrogen) atoms. The smallest absolute Gasteiger partial charge is 0.264 e. The number of nitrogens with zero attached hydrogens (tertiary/aromatic N) is 3. The van der Waals surface area contributed by atoms with Crippen molar-refractivity contribution in [1.29, 1.82) is 0 Å². The summed E-state index contributed by atoms with van der Waals surface area (Å²) in [6, 6.07) is 12.6. The van der Waals surface area contributed by atoms with Gasteiger partial charge in [0.1, 0.15) is 5.75 Å². The number of para-hydroxylation sites is 1. The molecule has 1 aromatic carbocycles. The maximum absolute atomic E-state index is 12.5. The molecule has 8 nitrogen and oxygen atoms in total. The van der Waals surface area contributed by atoms with Crippen LogP contribution in [-0.2, 0) is 4.79 Å². The number of H-pyrrole nitrogens is 1. The van der Waals surface area contributed by atoms with Crippen LogP contribution < -0.4 is 10.3 Å². The largest absolute Gasteiger partial charge is 0.484 e. The number of aromatic nitrogens is 3. The number of carbonyl (C=O) groups excluding carboxylic acids is 1. The second-order valence-electron chi connectivity index (χ2n) is 7.12. The van der Waals surface area contributed by atoms with Crippen LogP contribution in [0.15, 0.2) is 51.8 Å². The van der Waals surface area contributed by atoms with E-state index in [9.17, 15) is 9.59 Å². The zero-order valence-corrected chi connectivity index (χ0v) is 16.1. The van der Waals surface area contributed by atoms with Gasteiger partial charge < -0.3 is 14.2 Å². The number of nitrogens with one attached hydrogen (secondary N) is 1. The molecule has 0 saturated carbocycles. The molecule has 2 aromatic heterocycles. The minimum Gasteiger partial charge on any atom is -0.484 e. The molecule has 3 heterocycles. The maximum Gasteiger partial charge on any atom is 0.264 e. The van der Waals surface area contributed by atoms with E-state index in [1.54, 1.807) is 6.07 Å². The first kappa shape index (κ1) is 18.9. The predicted octanol–water partition coefficient (Wildman–Crippen LogP) is 2.52. The van der Waals surface area contributed by atoms with Crippen LogP contribution in [0, 0.1) is 6.92 Å². The first-order valence-electron chi connectivity index (χ1n) is 9.59. The fraction of sp³-hybridized carbons (Fsp3) is 0.333. The van der Waals surface area contributed by atoms with Gasteiger partial charge in [0.25, 0.3) is 11.5 Å². The van der Waals surface area contributed by atoms with Crippen LogP contribution in [0.5, 0.6) is 5.75 Å². The highest BCUT2D eigenvalue weighted by molar-refractivity contribution is 5.78.